The number of rotatable bonds is 6. The Kier molecular flexibility index (Phi) is 5.71. The first-order valence-electron chi connectivity index (χ1n) is 6.33. The maximum atomic E-state index is 11.9. The molecule has 4 N–H and O–H groups in total. The Morgan fingerprint density at radius 1 is 1.50 bits per heavy atom. The molecule has 6 heteroatoms. The van der Waals surface area contributed by atoms with E-state index in [0.29, 0.717) is 29.2 Å². The van der Waals surface area contributed by atoms with E-state index in [1.807, 2.05) is 6.26 Å². The first-order chi connectivity index (χ1) is 9.26. The maximum absolute atomic E-state index is 11.9. The van der Waals surface area contributed by atoms with Crippen LogP contribution in [-0.4, -0.2) is 54.2 Å². The highest BCUT2D eigenvalue weighted by Gasteiger charge is 2.20. The third-order valence-electron chi connectivity index (χ3n) is 2.82. The number of anilines is 2. The van der Waals surface area contributed by atoms with Gasteiger partial charge in [-0.2, -0.15) is 11.8 Å². The van der Waals surface area contributed by atoms with Crippen molar-refractivity contribution in [3.63, 3.8) is 0 Å². The lowest BCUT2D eigenvalue weighted by Gasteiger charge is -2.24. The zero-order valence-corrected chi connectivity index (χ0v) is 13.3. The van der Waals surface area contributed by atoms with Gasteiger partial charge < -0.3 is 21.1 Å². The zero-order chi connectivity index (χ0) is 15.3. The van der Waals surface area contributed by atoms with Gasteiger partial charge in [-0.1, -0.05) is 0 Å². The predicted molar refractivity (Wildman–Crippen MR) is 86.4 cm³/mol. The SMILES string of the molecule is CSCC(C)(O)CNc1cc(C(=O)N(C)C)ccc1N. The second-order valence-electron chi connectivity index (χ2n) is 5.29. The van der Waals surface area contributed by atoms with Crippen LogP contribution >= 0.6 is 11.8 Å². The van der Waals surface area contributed by atoms with Gasteiger partial charge in [0.2, 0.25) is 0 Å². The van der Waals surface area contributed by atoms with E-state index < -0.39 is 5.60 Å². The molecule has 1 rings (SSSR count). The Morgan fingerprint density at radius 2 is 2.15 bits per heavy atom. The average molecular weight is 297 g/mol. The van der Waals surface area contributed by atoms with Crippen LogP contribution in [0.25, 0.3) is 0 Å². The van der Waals surface area contributed by atoms with Crippen LogP contribution in [0.5, 0.6) is 0 Å². The third-order valence-corrected chi connectivity index (χ3v) is 3.73. The highest BCUT2D eigenvalue weighted by atomic mass is 32.2. The summed E-state index contributed by atoms with van der Waals surface area (Å²) < 4.78 is 0. The van der Waals surface area contributed by atoms with E-state index in [4.69, 9.17) is 5.73 Å². The van der Waals surface area contributed by atoms with Gasteiger partial charge >= 0.3 is 0 Å². The molecule has 0 fully saturated rings. The Morgan fingerprint density at radius 3 is 2.70 bits per heavy atom. The van der Waals surface area contributed by atoms with Crippen molar-refractivity contribution in [1.29, 1.82) is 0 Å². The lowest BCUT2D eigenvalue weighted by Crippen LogP contribution is -2.36. The van der Waals surface area contributed by atoms with E-state index in [-0.39, 0.29) is 5.91 Å². The smallest absolute Gasteiger partial charge is 0.253 e. The van der Waals surface area contributed by atoms with Gasteiger partial charge in [0.25, 0.3) is 5.91 Å². The minimum atomic E-state index is -0.826. The molecular weight excluding hydrogens is 274 g/mol. The molecule has 1 aromatic carbocycles. The summed E-state index contributed by atoms with van der Waals surface area (Å²) in [5.74, 6) is 0.542. The number of amides is 1. The van der Waals surface area contributed by atoms with E-state index in [1.54, 1.807) is 51.0 Å². The van der Waals surface area contributed by atoms with Crippen molar-refractivity contribution in [1.82, 2.24) is 4.90 Å². The molecule has 0 saturated heterocycles. The lowest BCUT2D eigenvalue weighted by molar-refractivity contribution is 0.0827. The number of hydrogen-bond donors (Lipinski definition) is 3. The summed E-state index contributed by atoms with van der Waals surface area (Å²) in [6.07, 6.45) is 1.94. The predicted octanol–water partition coefficient (Wildman–Crippen LogP) is 1.50. The van der Waals surface area contributed by atoms with Crippen molar-refractivity contribution >= 4 is 29.0 Å². The summed E-state index contributed by atoms with van der Waals surface area (Å²) in [6, 6.07) is 5.11. The van der Waals surface area contributed by atoms with Crippen LogP contribution in [0.1, 0.15) is 17.3 Å². The number of nitrogen functional groups attached to an aromatic ring is 1. The van der Waals surface area contributed by atoms with E-state index >= 15 is 0 Å². The number of nitrogens with one attached hydrogen (secondary N) is 1. The second kappa shape index (κ2) is 6.85. The van der Waals surface area contributed by atoms with Crippen LogP contribution in [0.2, 0.25) is 0 Å². The van der Waals surface area contributed by atoms with Gasteiger partial charge in [-0.05, 0) is 31.4 Å². The lowest BCUT2D eigenvalue weighted by atomic mass is 10.1. The number of aliphatic hydroxyl groups is 1. The van der Waals surface area contributed by atoms with Crippen molar-refractivity contribution in [2.45, 2.75) is 12.5 Å². The van der Waals surface area contributed by atoms with Crippen molar-refractivity contribution < 1.29 is 9.90 Å². The van der Waals surface area contributed by atoms with Gasteiger partial charge in [-0.3, -0.25) is 4.79 Å². The van der Waals surface area contributed by atoms with Crippen molar-refractivity contribution in [2.75, 3.05) is 43.7 Å². The third kappa shape index (κ3) is 4.61. The normalized spacial score (nSPS) is 13.7. The highest BCUT2D eigenvalue weighted by Crippen LogP contribution is 2.22. The van der Waals surface area contributed by atoms with Crippen molar-refractivity contribution in [3.8, 4) is 0 Å². The van der Waals surface area contributed by atoms with Gasteiger partial charge in [0, 0.05) is 32.0 Å². The summed E-state index contributed by atoms with van der Waals surface area (Å²) >= 11 is 1.58. The first kappa shape index (κ1) is 16.7. The van der Waals surface area contributed by atoms with Gasteiger partial charge in [-0.15, -0.1) is 0 Å². The average Bonchev–Trinajstić information content (AvgIpc) is 2.36. The van der Waals surface area contributed by atoms with E-state index in [1.165, 1.54) is 4.90 Å². The molecule has 1 atom stereocenters. The highest BCUT2D eigenvalue weighted by molar-refractivity contribution is 7.98. The molecule has 0 aliphatic carbocycles. The minimum absolute atomic E-state index is 0.0797. The molecule has 112 valence electrons. The van der Waals surface area contributed by atoms with Crippen molar-refractivity contribution in [3.05, 3.63) is 23.8 Å². The van der Waals surface area contributed by atoms with Crippen molar-refractivity contribution in [2.24, 2.45) is 0 Å². The van der Waals surface area contributed by atoms with Crippen LogP contribution < -0.4 is 11.1 Å². The molecule has 5 nitrogen and oxygen atoms in total. The molecule has 0 spiro atoms. The Balaban J connectivity index is 2.85. The Hall–Kier alpha value is -1.40. The van der Waals surface area contributed by atoms with Gasteiger partial charge in [0.15, 0.2) is 0 Å². The molecule has 20 heavy (non-hydrogen) atoms. The molecule has 1 unspecified atom stereocenters. The Bertz CT molecular complexity index is 475. The number of hydrogen-bond acceptors (Lipinski definition) is 5. The quantitative estimate of drug-likeness (QED) is 0.694. The molecule has 0 bridgehead atoms. The standard InChI is InChI=1S/C14H23N3O2S/c1-14(19,9-20-4)8-16-12-7-10(5-6-11(12)15)13(18)17(2)3/h5-7,16,19H,8-9,15H2,1-4H3. The topological polar surface area (TPSA) is 78.6 Å². The zero-order valence-electron chi connectivity index (χ0n) is 12.4. The molecule has 0 aliphatic heterocycles. The largest absolute Gasteiger partial charge is 0.397 e. The molecule has 0 heterocycles. The van der Waals surface area contributed by atoms with Crippen LogP contribution in [0.4, 0.5) is 11.4 Å². The number of benzene rings is 1. The number of nitrogens with two attached hydrogens (primary N) is 1. The number of carbonyl (C=O) groups excluding carboxylic acids is 1. The second-order valence-corrected chi connectivity index (χ2v) is 6.15. The summed E-state index contributed by atoms with van der Waals surface area (Å²) in [4.78, 5) is 13.4. The summed E-state index contributed by atoms with van der Waals surface area (Å²) in [5.41, 5.74) is 6.86. The molecule has 0 saturated carbocycles. The number of thioether (sulfide) groups is 1. The van der Waals surface area contributed by atoms with Gasteiger partial charge in [-0.25, -0.2) is 0 Å². The molecule has 1 aromatic rings. The maximum Gasteiger partial charge on any atom is 0.253 e. The summed E-state index contributed by atoms with van der Waals surface area (Å²) in [7, 11) is 3.41. The molecule has 0 aliphatic rings. The number of carbonyl (C=O) groups is 1. The monoisotopic (exact) mass is 297 g/mol. The fourth-order valence-electron chi connectivity index (χ4n) is 1.75. The van der Waals surface area contributed by atoms with Gasteiger partial charge in [0.1, 0.15) is 0 Å². The van der Waals surface area contributed by atoms with E-state index in [0.717, 1.165) is 0 Å². The van der Waals surface area contributed by atoms with E-state index in [2.05, 4.69) is 5.32 Å². The molecule has 0 aromatic heterocycles. The van der Waals surface area contributed by atoms with Crippen LogP contribution in [0.15, 0.2) is 18.2 Å². The first-order valence-corrected chi connectivity index (χ1v) is 7.72. The van der Waals surface area contributed by atoms with Crippen LogP contribution in [0.3, 0.4) is 0 Å². The summed E-state index contributed by atoms with van der Waals surface area (Å²) in [6.45, 7) is 2.14. The fraction of sp³-hybridized carbons (Fsp3) is 0.500. The van der Waals surface area contributed by atoms with Crippen LogP contribution in [-0.2, 0) is 0 Å². The Labute approximate surface area is 124 Å². The molecular formula is C14H23N3O2S. The number of nitrogens with zero attached hydrogens (tertiary/aromatic N) is 1. The molecule has 0 radical (unpaired) electrons. The van der Waals surface area contributed by atoms with Gasteiger partial charge in [0.05, 0.1) is 17.0 Å². The fourth-order valence-corrected chi connectivity index (χ4v) is 2.47. The molecule has 1 amide bonds. The summed E-state index contributed by atoms with van der Waals surface area (Å²) in [5, 5.41) is 13.2. The van der Waals surface area contributed by atoms with Crippen LogP contribution in [0, 0.1) is 0 Å². The van der Waals surface area contributed by atoms with E-state index in [9.17, 15) is 9.90 Å². The minimum Gasteiger partial charge on any atom is -0.397 e.